The number of hydrogen-bond acceptors (Lipinski definition) is 1. The van der Waals surface area contributed by atoms with Crippen LogP contribution in [-0.4, -0.2) is 5.78 Å². The highest BCUT2D eigenvalue weighted by molar-refractivity contribution is 9.10. The number of Topliss-reactive ketones (excluding diaryl/α,β-unsaturated/α-hetero) is 1. The van der Waals surface area contributed by atoms with Crippen molar-refractivity contribution in [3.63, 3.8) is 0 Å². The van der Waals surface area contributed by atoms with Crippen LogP contribution in [-0.2, 0) is 0 Å². The van der Waals surface area contributed by atoms with Gasteiger partial charge < -0.3 is 0 Å². The molecule has 1 rings (SSSR count). The lowest BCUT2D eigenvalue weighted by Gasteiger charge is -2.04. The Morgan fingerprint density at radius 3 is 1.71 bits per heavy atom. The molecule has 0 aliphatic carbocycles. The molecule has 0 unspecified atom stereocenters. The third kappa shape index (κ3) is 10.3. The van der Waals surface area contributed by atoms with Gasteiger partial charge in [-0.3, -0.25) is 4.79 Å². The number of halogens is 1. The molecule has 0 radical (unpaired) electrons. The van der Waals surface area contributed by atoms with Gasteiger partial charge in [-0.15, -0.1) is 0 Å². The first-order valence-corrected chi connectivity index (χ1v) is 10.8. The number of ketones is 1. The van der Waals surface area contributed by atoms with Gasteiger partial charge >= 0.3 is 0 Å². The normalized spacial score (nSPS) is 10.9. The fraction of sp³-hybridized carbons (Fsp3) is 0.682. The van der Waals surface area contributed by atoms with E-state index in [2.05, 4.69) is 22.9 Å². The Bertz CT molecular complexity index is 441. The number of rotatable bonds is 15. The maximum absolute atomic E-state index is 12.1. The second-order valence-electron chi connectivity index (χ2n) is 6.90. The average Bonchev–Trinajstić information content (AvgIpc) is 2.59. The topological polar surface area (TPSA) is 17.1 Å². The Kier molecular flexibility index (Phi) is 13.1. The predicted molar refractivity (Wildman–Crippen MR) is 109 cm³/mol. The Morgan fingerprint density at radius 2 is 1.21 bits per heavy atom. The zero-order valence-corrected chi connectivity index (χ0v) is 17.1. The Morgan fingerprint density at radius 1 is 0.750 bits per heavy atom. The SMILES string of the molecule is CCCCCCCCCCCCCCCC(=O)c1ccccc1Br. The number of benzene rings is 1. The monoisotopic (exact) mass is 394 g/mol. The van der Waals surface area contributed by atoms with E-state index in [0.29, 0.717) is 6.42 Å². The zero-order valence-electron chi connectivity index (χ0n) is 15.5. The average molecular weight is 395 g/mol. The van der Waals surface area contributed by atoms with Crippen molar-refractivity contribution in [1.29, 1.82) is 0 Å². The highest BCUT2D eigenvalue weighted by Crippen LogP contribution is 2.19. The van der Waals surface area contributed by atoms with E-state index >= 15 is 0 Å². The van der Waals surface area contributed by atoms with E-state index in [0.717, 1.165) is 16.5 Å². The molecular weight excluding hydrogens is 360 g/mol. The maximum atomic E-state index is 12.1. The van der Waals surface area contributed by atoms with Crippen LogP contribution in [0.3, 0.4) is 0 Å². The minimum absolute atomic E-state index is 0.269. The van der Waals surface area contributed by atoms with Crippen LogP contribution in [0.4, 0.5) is 0 Å². The van der Waals surface area contributed by atoms with E-state index in [1.807, 2.05) is 24.3 Å². The number of unbranched alkanes of at least 4 members (excludes halogenated alkanes) is 12. The summed E-state index contributed by atoms with van der Waals surface area (Å²) in [6.45, 7) is 2.27. The molecule has 1 aromatic carbocycles. The summed E-state index contributed by atoms with van der Waals surface area (Å²) in [5.74, 6) is 0.269. The van der Waals surface area contributed by atoms with E-state index in [4.69, 9.17) is 0 Å². The summed E-state index contributed by atoms with van der Waals surface area (Å²) in [7, 11) is 0. The van der Waals surface area contributed by atoms with Crippen molar-refractivity contribution in [2.75, 3.05) is 0 Å². The predicted octanol–water partition coefficient (Wildman–Crippen LogP) is 8.11. The van der Waals surface area contributed by atoms with Crippen LogP contribution in [0.25, 0.3) is 0 Å². The molecule has 2 heteroatoms. The minimum Gasteiger partial charge on any atom is -0.294 e. The van der Waals surface area contributed by atoms with Gasteiger partial charge in [0.1, 0.15) is 0 Å². The lowest BCUT2D eigenvalue weighted by molar-refractivity contribution is 0.0978. The van der Waals surface area contributed by atoms with Crippen LogP contribution in [0.15, 0.2) is 28.7 Å². The third-order valence-electron chi connectivity index (χ3n) is 4.68. The maximum Gasteiger partial charge on any atom is 0.164 e. The molecule has 1 aromatic rings. The molecule has 0 saturated carbocycles. The Labute approximate surface area is 157 Å². The molecule has 1 nitrogen and oxygen atoms in total. The molecule has 0 N–H and O–H groups in total. The molecule has 0 spiro atoms. The molecule has 136 valence electrons. The van der Waals surface area contributed by atoms with Gasteiger partial charge in [-0.2, -0.15) is 0 Å². The third-order valence-corrected chi connectivity index (χ3v) is 5.37. The van der Waals surface area contributed by atoms with E-state index in [9.17, 15) is 4.79 Å². The lowest BCUT2D eigenvalue weighted by atomic mass is 10.0. The molecule has 0 bridgehead atoms. The van der Waals surface area contributed by atoms with Crippen molar-refractivity contribution >= 4 is 21.7 Å². The first-order chi connectivity index (χ1) is 11.8. The van der Waals surface area contributed by atoms with Crippen LogP contribution in [0.2, 0.25) is 0 Å². The van der Waals surface area contributed by atoms with Crippen molar-refractivity contribution in [3.05, 3.63) is 34.3 Å². The van der Waals surface area contributed by atoms with E-state index in [1.54, 1.807) is 0 Å². The number of hydrogen-bond donors (Lipinski definition) is 0. The summed E-state index contributed by atoms with van der Waals surface area (Å²) in [5.41, 5.74) is 0.830. The summed E-state index contributed by atoms with van der Waals surface area (Å²) in [6.07, 6.45) is 18.1. The van der Waals surface area contributed by atoms with Crippen LogP contribution < -0.4 is 0 Å². The molecule has 0 aromatic heterocycles. The summed E-state index contributed by atoms with van der Waals surface area (Å²) in [5, 5.41) is 0. The molecule has 0 fully saturated rings. The van der Waals surface area contributed by atoms with Crippen molar-refractivity contribution in [2.45, 2.75) is 96.8 Å². The van der Waals surface area contributed by atoms with Gasteiger partial charge in [0.05, 0.1) is 0 Å². The molecule has 0 atom stereocenters. The van der Waals surface area contributed by atoms with Crippen LogP contribution in [0, 0.1) is 0 Å². The first kappa shape index (κ1) is 21.4. The second kappa shape index (κ2) is 14.7. The molecule has 0 amide bonds. The molecule has 0 aliphatic heterocycles. The largest absolute Gasteiger partial charge is 0.294 e. The van der Waals surface area contributed by atoms with Crippen molar-refractivity contribution in [3.8, 4) is 0 Å². The first-order valence-electron chi connectivity index (χ1n) is 10.0. The van der Waals surface area contributed by atoms with E-state index in [1.165, 1.54) is 77.0 Å². The number of carbonyl (C=O) groups excluding carboxylic acids is 1. The molecule has 0 heterocycles. The van der Waals surface area contributed by atoms with Gasteiger partial charge in [0, 0.05) is 16.5 Å². The lowest BCUT2D eigenvalue weighted by Crippen LogP contribution is -1.99. The fourth-order valence-electron chi connectivity index (χ4n) is 3.13. The summed E-state index contributed by atoms with van der Waals surface area (Å²) >= 11 is 3.46. The van der Waals surface area contributed by atoms with Crippen molar-refractivity contribution < 1.29 is 4.79 Å². The zero-order chi connectivity index (χ0) is 17.5. The number of carbonyl (C=O) groups is 1. The van der Waals surface area contributed by atoms with Gasteiger partial charge in [0.25, 0.3) is 0 Å². The van der Waals surface area contributed by atoms with Crippen LogP contribution in [0.5, 0.6) is 0 Å². The van der Waals surface area contributed by atoms with Gasteiger partial charge in [-0.25, -0.2) is 0 Å². The molecular formula is C22H35BrO. The quantitative estimate of drug-likeness (QED) is 0.216. The van der Waals surface area contributed by atoms with E-state index in [-0.39, 0.29) is 5.78 Å². The second-order valence-corrected chi connectivity index (χ2v) is 7.75. The minimum atomic E-state index is 0.269. The van der Waals surface area contributed by atoms with Gasteiger partial charge in [0.2, 0.25) is 0 Å². The van der Waals surface area contributed by atoms with Crippen LogP contribution >= 0.6 is 15.9 Å². The fourth-order valence-corrected chi connectivity index (χ4v) is 3.63. The van der Waals surface area contributed by atoms with Crippen LogP contribution in [0.1, 0.15) is 107 Å². The smallest absolute Gasteiger partial charge is 0.164 e. The van der Waals surface area contributed by atoms with Gasteiger partial charge in [-0.05, 0) is 12.5 Å². The molecule has 0 saturated heterocycles. The summed E-state index contributed by atoms with van der Waals surface area (Å²) < 4.78 is 0.921. The highest BCUT2D eigenvalue weighted by Gasteiger charge is 2.08. The summed E-state index contributed by atoms with van der Waals surface area (Å²) in [4.78, 5) is 12.1. The van der Waals surface area contributed by atoms with Gasteiger partial charge in [0.15, 0.2) is 5.78 Å². The summed E-state index contributed by atoms with van der Waals surface area (Å²) in [6, 6.07) is 7.74. The Hall–Kier alpha value is -0.630. The van der Waals surface area contributed by atoms with Gasteiger partial charge in [-0.1, -0.05) is 118 Å². The standard InChI is InChI=1S/C22H35BrO/c1-2-3-4-5-6-7-8-9-10-11-12-13-14-19-22(24)20-17-15-16-18-21(20)23/h15-18H,2-14,19H2,1H3. The van der Waals surface area contributed by atoms with E-state index < -0.39 is 0 Å². The molecule has 0 aliphatic rings. The highest BCUT2D eigenvalue weighted by atomic mass is 79.9. The Balaban J connectivity index is 1.89. The van der Waals surface area contributed by atoms with Crippen molar-refractivity contribution in [2.24, 2.45) is 0 Å². The van der Waals surface area contributed by atoms with Crippen molar-refractivity contribution in [1.82, 2.24) is 0 Å². The molecule has 24 heavy (non-hydrogen) atoms.